The number of phenolic OH excluding ortho intramolecular Hbond substituents is 1. The van der Waals surface area contributed by atoms with Crippen molar-refractivity contribution in [2.45, 2.75) is 85.0 Å². The summed E-state index contributed by atoms with van der Waals surface area (Å²) in [7, 11) is 0. The normalized spacial score (nSPS) is 11.8. The van der Waals surface area contributed by atoms with Gasteiger partial charge in [-0.15, -0.1) is 0 Å². The van der Waals surface area contributed by atoms with E-state index < -0.39 is 0 Å². The van der Waals surface area contributed by atoms with Crippen molar-refractivity contribution in [1.82, 2.24) is 0 Å². The summed E-state index contributed by atoms with van der Waals surface area (Å²) in [5.74, 6) is 0.476. The fourth-order valence-electron chi connectivity index (χ4n) is 2.84. The van der Waals surface area contributed by atoms with E-state index in [1.54, 1.807) is 0 Å². The average molecular weight is 276 g/mol. The number of hydrogen-bond donors (Lipinski definition) is 1. The minimum atomic E-state index is 0.146. The van der Waals surface area contributed by atoms with Gasteiger partial charge in [0.25, 0.3) is 0 Å². The SMILES string of the molecule is CCCCCCCCc1cc(C(C)(C)C)c(C)cc1O. The van der Waals surface area contributed by atoms with Crippen LogP contribution in [0.4, 0.5) is 0 Å². The molecule has 1 N–H and O–H groups in total. The Kier molecular flexibility index (Phi) is 6.58. The number of benzene rings is 1. The molecule has 0 saturated heterocycles. The van der Waals surface area contributed by atoms with Crippen LogP contribution in [0.15, 0.2) is 12.1 Å². The van der Waals surface area contributed by atoms with Crippen molar-refractivity contribution in [2.24, 2.45) is 0 Å². The average Bonchev–Trinajstić information content (AvgIpc) is 2.34. The molecule has 0 aliphatic rings. The molecule has 1 aromatic rings. The topological polar surface area (TPSA) is 20.2 Å². The van der Waals surface area contributed by atoms with Crippen LogP contribution in [0.3, 0.4) is 0 Å². The molecule has 0 heterocycles. The van der Waals surface area contributed by atoms with Crippen molar-refractivity contribution in [1.29, 1.82) is 0 Å². The summed E-state index contributed by atoms with van der Waals surface area (Å²) in [6.45, 7) is 11.1. The first kappa shape index (κ1) is 17.1. The standard InChI is InChI=1S/C19H32O/c1-6-7-8-9-10-11-12-16-14-17(19(3,4)5)15(2)13-18(16)20/h13-14,20H,6-12H2,1-5H3. The summed E-state index contributed by atoms with van der Waals surface area (Å²) in [6.07, 6.45) is 8.79. The van der Waals surface area contributed by atoms with Gasteiger partial charge in [0.15, 0.2) is 0 Å². The number of rotatable bonds is 7. The maximum atomic E-state index is 10.1. The van der Waals surface area contributed by atoms with Gasteiger partial charge in [0.1, 0.15) is 5.75 Å². The molecular formula is C19H32O. The monoisotopic (exact) mass is 276 g/mol. The van der Waals surface area contributed by atoms with E-state index in [0.29, 0.717) is 5.75 Å². The van der Waals surface area contributed by atoms with Crippen LogP contribution < -0.4 is 0 Å². The van der Waals surface area contributed by atoms with E-state index in [9.17, 15) is 5.11 Å². The van der Waals surface area contributed by atoms with Crippen LogP contribution in [-0.4, -0.2) is 5.11 Å². The maximum absolute atomic E-state index is 10.1. The van der Waals surface area contributed by atoms with E-state index in [1.165, 1.54) is 49.7 Å². The Morgan fingerprint density at radius 3 is 2.15 bits per heavy atom. The number of phenols is 1. The molecular weight excluding hydrogens is 244 g/mol. The van der Waals surface area contributed by atoms with Crippen LogP contribution in [0.25, 0.3) is 0 Å². The smallest absolute Gasteiger partial charge is 0.119 e. The Hall–Kier alpha value is -0.980. The summed E-state index contributed by atoms with van der Waals surface area (Å²) in [6, 6.07) is 4.16. The van der Waals surface area contributed by atoms with Crippen molar-refractivity contribution >= 4 is 0 Å². The molecule has 0 amide bonds. The second kappa shape index (κ2) is 7.71. The number of aryl methyl sites for hydroxylation is 2. The van der Waals surface area contributed by atoms with E-state index >= 15 is 0 Å². The van der Waals surface area contributed by atoms with E-state index in [0.717, 1.165) is 12.0 Å². The van der Waals surface area contributed by atoms with Gasteiger partial charge in [-0.05, 0) is 47.9 Å². The minimum absolute atomic E-state index is 0.146. The molecule has 0 saturated carbocycles. The molecule has 0 radical (unpaired) electrons. The van der Waals surface area contributed by atoms with Crippen LogP contribution in [0.2, 0.25) is 0 Å². The van der Waals surface area contributed by atoms with Gasteiger partial charge in [-0.25, -0.2) is 0 Å². The summed E-state index contributed by atoms with van der Waals surface area (Å²) in [5.41, 5.74) is 3.82. The number of unbranched alkanes of at least 4 members (excludes halogenated alkanes) is 5. The zero-order chi connectivity index (χ0) is 15.2. The number of aromatic hydroxyl groups is 1. The minimum Gasteiger partial charge on any atom is -0.508 e. The molecule has 1 nitrogen and oxygen atoms in total. The molecule has 1 aromatic carbocycles. The van der Waals surface area contributed by atoms with Gasteiger partial charge in [-0.3, -0.25) is 0 Å². The molecule has 1 rings (SSSR count). The lowest BCUT2D eigenvalue weighted by Gasteiger charge is -2.23. The predicted octanol–water partition coefficient (Wildman–Crippen LogP) is 5.90. The molecule has 0 bridgehead atoms. The summed E-state index contributed by atoms with van der Waals surface area (Å²) >= 11 is 0. The highest BCUT2D eigenvalue weighted by Crippen LogP contribution is 2.31. The Morgan fingerprint density at radius 2 is 1.55 bits per heavy atom. The highest BCUT2D eigenvalue weighted by atomic mass is 16.3. The predicted molar refractivity (Wildman–Crippen MR) is 88.6 cm³/mol. The van der Waals surface area contributed by atoms with Gasteiger partial charge in [-0.2, -0.15) is 0 Å². The molecule has 114 valence electrons. The van der Waals surface area contributed by atoms with Crippen LogP contribution in [-0.2, 0) is 11.8 Å². The first-order valence-corrected chi connectivity index (χ1v) is 8.19. The number of hydrogen-bond acceptors (Lipinski definition) is 1. The Labute approximate surface area is 125 Å². The van der Waals surface area contributed by atoms with Crippen molar-refractivity contribution in [3.8, 4) is 5.75 Å². The van der Waals surface area contributed by atoms with Crippen LogP contribution in [0, 0.1) is 6.92 Å². The van der Waals surface area contributed by atoms with E-state index in [-0.39, 0.29) is 5.41 Å². The molecule has 1 heteroatoms. The zero-order valence-corrected chi connectivity index (χ0v) is 14.1. The summed E-state index contributed by atoms with van der Waals surface area (Å²) in [4.78, 5) is 0. The largest absolute Gasteiger partial charge is 0.508 e. The third-order valence-corrected chi connectivity index (χ3v) is 4.03. The highest BCUT2D eigenvalue weighted by molar-refractivity contribution is 5.44. The van der Waals surface area contributed by atoms with E-state index in [1.807, 2.05) is 6.07 Å². The quantitative estimate of drug-likeness (QED) is 0.615. The molecule has 0 spiro atoms. The first-order valence-electron chi connectivity index (χ1n) is 8.19. The van der Waals surface area contributed by atoms with E-state index in [2.05, 4.69) is 40.7 Å². The fourth-order valence-corrected chi connectivity index (χ4v) is 2.84. The third kappa shape index (κ3) is 5.19. The lowest BCUT2D eigenvalue weighted by Crippen LogP contribution is -2.13. The van der Waals surface area contributed by atoms with Gasteiger partial charge >= 0.3 is 0 Å². The Bertz CT molecular complexity index is 413. The summed E-state index contributed by atoms with van der Waals surface area (Å²) in [5, 5.41) is 10.1. The molecule has 0 aliphatic carbocycles. The molecule has 0 aliphatic heterocycles. The Morgan fingerprint density at radius 1 is 0.950 bits per heavy atom. The van der Waals surface area contributed by atoms with E-state index in [4.69, 9.17) is 0 Å². The maximum Gasteiger partial charge on any atom is 0.119 e. The molecule has 0 fully saturated rings. The second-order valence-electron chi connectivity index (χ2n) is 7.06. The fraction of sp³-hybridized carbons (Fsp3) is 0.684. The summed E-state index contributed by atoms with van der Waals surface area (Å²) < 4.78 is 0. The van der Waals surface area contributed by atoms with Crippen LogP contribution >= 0.6 is 0 Å². The molecule has 20 heavy (non-hydrogen) atoms. The lowest BCUT2D eigenvalue weighted by atomic mass is 9.82. The lowest BCUT2D eigenvalue weighted by molar-refractivity contribution is 0.463. The van der Waals surface area contributed by atoms with Gasteiger partial charge in [-0.1, -0.05) is 65.9 Å². The van der Waals surface area contributed by atoms with Gasteiger partial charge in [0.2, 0.25) is 0 Å². The van der Waals surface area contributed by atoms with Crippen molar-refractivity contribution in [3.63, 3.8) is 0 Å². The second-order valence-corrected chi connectivity index (χ2v) is 7.06. The Balaban J connectivity index is 2.62. The third-order valence-electron chi connectivity index (χ3n) is 4.03. The molecule has 0 aromatic heterocycles. The zero-order valence-electron chi connectivity index (χ0n) is 14.1. The van der Waals surface area contributed by atoms with Crippen molar-refractivity contribution < 1.29 is 5.11 Å². The van der Waals surface area contributed by atoms with Gasteiger partial charge < -0.3 is 5.11 Å². The first-order chi connectivity index (χ1) is 9.36. The van der Waals surface area contributed by atoms with Crippen LogP contribution in [0.1, 0.15) is 82.9 Å². The van der Waals surface area contributed by atoms with Crippen LogP contribution in [0.5, 0.6) is 5.75 Å². The van der Waals surface area contributed by atoms with Gasteiger partial charge in [0, 0.05) is 0 Å². The van der Waals surface area contributed by atoms with Crippen molar-refractivity contribution in [3.05, 3.63) is 28.8 Å². The van der Waals surface area contributed by atoms with Gasteiger partial charge in [0.05, 0.1) is 0 Å². The molecule has 0 unspecified atom stereocenters. The molecule has 0 atom stereocenters. The highest BCUT2D eigenvalue weighted by Gasteiger charge is 2.18. The van der Waals surface area contributed by atoms with Crippen molar-refractivity contribution in [2.75, 3.05) is 0 Å².